The second kappa shape index (κ2) is 8.75. The SMILES string of the molecule is O=C1Nc2cc(C(=O)N3CCC(CC4=CC=CCC4)CC3)ccc2Sc2ccccc21. The molecule has 0 atom stereocenters. The first kappa shape index (κ1) is 20.1. The number of nitrogens with zero attached hydrogens (tertiary/aromatic N) is 1. The van der Waals surface area contributed by atoms with Crippen LogP contribution in [0.25, 0.3) is 0 Å². The van der Waals surface area contributed by atoms with E-state index >= 15 is 0 Å². The van der Waals surface area contributed by atoms with E-state index in [1.165, 1.54) is 6.42 Å². The Hall–Kier alpha value is -2.79. The molecule has 0 unspecified atom stereocenters. The molecule has 158 valence electrons. The molecule has 0 saturated carbocycles. The van der Waals surface area contributed by atoms with Crippen molar-refractivity contribution in [1.82, 2.24) is 4.90 Å². The van der Waals surface area contributed by atoms with E-state index in [0.717, 1.165) is 48.6 Å². The van der Waals surface area contributed by atoms with Crippen molar-refractivity contribution in [2.24, 2.45) is 5.92 Å². The van der Waals surface area contributed by atoms with Crippen LogP contribution in [0.1, 0.15) is 52.8 Å². The van der Waals surface area contributed by atoms with Gasteiger partial charge in [-0.3, -0.25) is 9.59 Å². The number of benzene rings is 2. The largest absolute Gasteiger partial charge is 0.339 e. The Morgan fingerprint density at radius 2 is 1.94 bits per heavy atom. The minimum atomic E-state index is -0.126. The average molecular weight is 431 g/mol. The number of rotatable bonds is 3. The first-order valence-electron chi connectivity index (χ1n) is 11.0. The normalized spacial score (nSPS) is 18.5. The molecule has 2 aromatic carbocycles. The Labute approximate surface area is 187 Å². The number of anilines is 1. The van der Waals surface area contributed by atoms with E-state index in [1.54, 1.807) is 17.3 Å². The molecule has 2 aromatic rings. The van der Waals surface area contributed by atoms with E-state index in [2.05, 4.69) is 23.5 Å². The van der Waals surface area contributed by atoms with Crippen molar-refractivity contribution in [2.75, 3.05) is 18.4 Å². The number of allylic oxidation sites excluding steroid dienone is 4. The molecule has 5 rings (SSSR count). The molecule has 2 heterocycles. The molecule has 2 aliphatic heterocycles. The highest BCUT2D eigenvalue weighted by Gasteiger charge is 2.26. The summed E-state index contributed by atoms with van der Waals surface area (Å²) < 4.78 is 0. The van der Waals surface area contributed by atoms with E-state index in [4.69, 9.17) is 0 Å². The van der Waals surface area contributed by atoms with E-state index in [-0.39, 0.29) is 11.8 Å². The maximum Gasteiger partial charge on any atom is 0.256 e. The maximum atomic E-state index is 13.2. The minimum Gasteiger partial charge on any atom is -0.339 e. The summed E-state index contributed by atoms with van der Waals surface area (Å²) in [6, 6.07) is 13.3. The zero-order valence-corrected chi connectivity index (χ0v) is 18.3. The van der Waals surface area contributed by atoms with Gasteiger partial charge in [0, 0.05) is 28.4 Å². The molecule has 1 saturated heterocycles. The van der Waals surface area contributed by atoms with Crippen molar-refractivity contribution in [3.63, 3.8) is 0 Å². The summed E-state index contributed by atoms with van der Waals surface area (Å²) in [7, 11) is 0. The second-order valence-corrected chi connectivity index (χ2v) is 9.58. The smallest absolute Gasteiger partial charge is 0.256 e. The maximum absolute atomic E-state index is 13.2. The summed E-state index contributed by atoms with van der Waals surface area (Å²) in [4.78, 5) is 29.6. The highest BCUT2D eigenvalue weighted by Crippen LogP contribution is 2.39. The summed E-state index contributed by atoms with van der Waals surface area (Å²) in [6.07, 6.45) is 12.3. The monoisotopic (exact) mass is 430 g/mol. The van der Waals surface area contributed by atoms with Gasteiger partial charge in [-0.2, -0.15) is 0 Å². The van der Waals surface area contributed by atoms with Gasteiger partial charge in [0.05, 0.1) is 11.3 Å². The van der Waals surface area contributed by atoms with Gasteiger partial charge in [0.1, 0.15) is 0 Å². The molecular weight excluding hydrogens is 404 g/mol. The number of carbonyl (C=O) groups is 2. The van der Waals surface area contributed by atoms with Crippen LogP contribution in [0.2, 0.25) is 0 Å². The lowest BCUT2D eigenvalue weighted by Gasteiger charge is -2.33. The van der Waals surface area contributed by atoms with Gasteiger partial charge in [-0.25, -0.2) is 0 Å². The van der Waals surface area contributed by atoms with Crippen molar-refractivity contribution in [2.45, 2.75) is 41.9 Å². The van der Waals surface area contributed by atoms with Crippen LogP contribution in [0.4, 0.5) is 5.69 Å². The molecule has 31 heavy (non-hydrogen) atoms. The van der Waals surface area contributed by atoms with E-state index in [0.29, 0.717) is 22.7 Å². The fraction of sp³-hybridized carbons (Fsp3) is 0.308. The van der Waals surface area contributed by atoms with Crippen molar-refractivity contribution >= 4 is 29.3 Å². The number of likely N-dealkylation sites (tertiary alicyclic amines) is 1. The minimum absolute atomic E-state index is 0.0575. The summed E-state index contributed by atoms with van der Waals surface area (Å²) in [6.45, 7) is 1.60. The van der Waals surface area contributed by atoms with Gasteiger partial charge < -0.3 is 10.2 Å². The van der Waals surface area contributed by atoms with Gasteiger partial charge in [0.2, 0.25) is 0 Å². The van der Waals surface area contributed by atoms with Crippen LogP contribution in [0, 0.1) is 5.92 Å². The van der Waals surface area contributed by atoms with Gasteiger partial charge in [-0.1, -0.05) is 47.7 Å². The zero-order chi connectivity index (χ0) is 21.2. The number of fused-ring (bicyclic) bond motifs is 2. The predicted molar refractivity (Wildman–Crippen MR) is 125 cm³/mol. The van der Waals surface area contributed by atoms with Gasteiger partial charge in [-0.05, 0) is 68.4 Å². The number of piperidine rings is 1. The average Bonchev–Trinajstić information content (AvgIpc) is 2.95. The van der Waals surface area contributed by atoms with Crippen molar-refractivity contribution < 1.29 is 9.59 Å². The molecule has 2 amide bonds. The van der Waals surface area contributed by atoms with Gasteiger partial charge in [0.25, 0.3) is 11.8 Å². The summed E-state index contributed by atoms with van der Waals surface area (Å²) in [5.41, 5.74) is 3.57. The number of hydrogen-bond donors (Lipinski definition) is 1. The molecule has 1 fully saturated rings. The van der Waals surface area contributed by atoms with Crippen LogP contribution >= 0.6 is 11.8 Å². The number of nitrogens with one attached hydrogen (secondary N) is 1. The summed E-state index contributed by atoms with van der Waals surface area (Å²) in [5, 5.41) is 2.99. The summed E-state index contributed by atoms with van der Waals surface area (Å²) >= 11 is 1.56. The van der Waals surface area contributed by atoms with Crippen LogP contribution in [0.5, 0.6) is 0 Å². The topological polar surface area (TPSA) is 49.4 Å². The third-order valence-electron chi connectivity index (χ3n) is 6.38. The lowest BCUT2D eigenvalue weighted by atomic mass is 9.87. The molecule has 0 bridgehead atoms. The number of carbonyl (C=O) groups excluding carboxylic acids is 2. The fourth-order valence-electron chi connectivity index (χ4n) is 4.62. The van der Waals surface area contributed by atoms with Crippen LogP contribution in [-0.4, -0.2) is 29.8 Å². The summed E-state index contributed by atoms with van der Waals surface area (Å²) in [5.74, 6) is 0.601. The molecule has 0 spiro atoms. The first-order valence-corrected chi connectivity index (χ1v) is 11.8. The highest BCUT2D eigenvalue weighted by atomic mass is 32.2. The highest BCUT2D eigenvalue weighted by molar-refractivity contribution is 7.99. The zero-order valence-electron chi connectivity index (χ0n) is 17.5. The second-order valence-electron chi connectivity index (χ2n) is 8.49. The third kappa shape index (κ3) is 4.33. The molecule has 1 N–H and O–H groups in total. The Kier molecular flexibility index (Phi) is 5.68. The molecule has 1 aliphatic carbocycles. The molecule has 0 radical (unpaired) electrons. The van der Waals surface area contributed by atoms with Crippen LogP contribution in [0.3, 0.4) is 0 Å². The Morgan fingerprint density at radius 1 is 1.10 bits per heavy atom. The van der Waals surface area contributed by atoms with Crippen molar-refractivity contribution in [3.05, 3.63) is 77.4 Å². The van der Waals surface area contributed by atoms with Crippen LogP contribution in [-0.2, 0) is 0 Å². The lowest BCUT2D eigenvalue weighted by Crippen LogP contribution is -2.38. The predicted octanol–water partition coefficient (Wildman–Crippen LogP) is 5.92. The lowest BCUT2D eigenvalue weighted by molar-refractivity contribution is 0.0690. The number of hydrogen-bond acceptors (Lipinski definition) is 3. The molecule has 3 aliphatic rings. The van der Waals surface area contributed by atoms with E-state index < -0.39 is 0 Å². The number of amides is 2. The molecule has 0 aromatic heterocycles. The standard InChI is InChI=1S/C26H26N2O2S/c29-25-21-8-4-5-9-23(21)31-24-11-10-20(17-22(24)27-25)26(30)28-14-12-19(13-15-28)16-18-6-2-1-3-7-18/h1-2,4-6,8-11,17,19H,3,7,12-16H2,(H,27,29). The van der Waals surface area contributed by atoms with Gasteiger partial charge >= 0.3 is 0 Å². The first-order chi connectivity index (χ1) is 15.2. The van der Waals surface area contributed by atoms with Crippen molar-refractivity contribution in [3.8, 4) is 0 Å². The van der Waals surface area contributed by atoms with Crippen LogP contribution in [0.15, 0.2) is 76.1 Å². The van der Waals surface area contributed by atoms with E-state index in [1.807, 2.05) is 47.4 Å². The van der Waals surface area contributed by atoms with Crippen LogP contribution < -0.4 is 5.32 Å². The quantitative estimate of drug-likeness (QED) is 0.657. The van der Waals surface area contributed by atoms with Gasteiger partial charge in [-0.15, -0.1) is 0 Å². The Balaban J connectivity index is 1.26. The Bertz CT molecular complexity index is 1080. The van der Waals surface area contributed by atoms with E-state index in [9.17, 15) is 9.59 Å². The fourth-order valence-corrected chi connectivity index (χ4v) is 5.63. The molecule has 4 nitrogen and oxygen atoms in total. The molecular formula is C26H26N2O2S. The molecule has 5 heteroatoms. The van der Waals surface area contributed by atoms with Gasteiger partial charge in [0.15, 0.2) is 0 Å². The van der Waals surface area contributed by atoms with Crippen molar-refractivity contribution in [1.29, 1.82) is 0 Å². The third-order valence-corrected chi connectivity index (χ3v) is 7.53. The Morgan fingerprint density at radius 3 is 2.74 bits per heavy atom.